The second-order valence-electron chi connectivity index (χ2n) is 9.10. The van der Waals surface area contributed by atoms with Gasteiger partial charge in [0.15, 0.2) is 0 Å². The van der Waals surface area contributed by atoms with Crippen LogP contribution in [0.15, 0.2) is 93.9 Å². The van der Waals surface area contributed by atoms with E-state index in [0.29, 0.717) is 22.6 Å². The second-order valence-corrected chi connectivity index (χ2v) is 11.6. The van der Waals surface area contributed by atoms with Gasteiger partial charge in [0.1, 0.15) is 17.3 Å². The first-order valence-electron chi connectivity index (χ1n) is 12.3. The van der Waals surface area contributed by atoms with Gasteiger partial charge in [-0.25, -0.2) is 22.9 Å². The molecule has 0 atom stereocenters. The molecule has 40 heavy (non-hydrogen) atoms. The van der Waals surface area contributed by atoms with E-state index < -0.39 is 21.6 Å². The molecule has 3 aromatic carbocycles. The van der Waals surface area contributed by atoms with Crippen LogP contribution in [-0.2, 0) is 28.4 Å². The van der Waals surface area contributed by atoms with Gasteiger partial charge >= 0.3 is 5.97 Å². The fourth-order valence-electron chi connectivity index (χ4n) is 4.17. The van der Waals surface area contributed by atoms with Crippen molar-refractivity contribution in [3.8, 4) is 16.3 Å². The van der Waals surface area contributed by atoms with E-state index in [4.69, 9.17) is 4.74 Å². The number of para-hydroxylation sites is 1. The molecule has 2 aromatic heterocycles. The summed E-state index contributed by atoms with van der Waals surface area (Å²) in [5.41, 5.74) is 2.66. The monoisotopic (exact) mass is 574 g/mol. The Bertz CT molecular complexity index is 1860. The quantitative estimate of drug-likeness (QED) is 0.259. The fraction of sp³-hybridized carbons (Fsp3) is 0.138. The number of nitrogens with zero attached hydrogens (tertiary/aromatic N) is 3. The summed E-state index contributed by atoms with van der Waals surface area (Å²) in [5.74, 6) is -0.675. The number of esters is 1. The van der Waals surface area contributed by atoms with Gasteiger partial charge < -0.3 is 4.74 Å². The van der Waals surface area contributed by atoms with E-state index in [1.165, 1.54) is 34.2 Å². The Kier molecular flexibility index (Phi) is 7.42. The number of benzene rings is 3. The number of aryl methyl sites for hydroxylation is 1. The molecule has 0 spiro atoms. The molecular formula is C29H26N4O5S2. The van der Waals surface area contributed by atoms with Gasteiger partial charge in [-0.1, -0.05) is 54.6 Å². The molecule has 0 aliphatic rings. The lowest BCUT2D eigenvalue weighted by Crippen LogP contribution is -2.23. The number of nitrogens with one attached hydrogen (secondary N) is 1. The van der Waals surface area contributed by atoms with Crippen molar-refractivity contribution in [2.45, 2.75) is 25.3 Å². The highest BCUT2D eigenvalue weighted by Gasteiger charge is 2.24. The first-order chi connectivity index (χ1) is 19.2. The smallest absolute Gasteiger partial charge is 0.338 e. The molecule has 2 heterocycles. The van der Waals surface area contributed by atoms with E-state index >= 15 is 0 Å². The van der Waals surface area contributed by atoms with Gasteiger partial charge in [0, 0.05) is 18.0 Å². The second kappa shape index (κ2) is 10.9. The van der Waals surface area contributed by atoms with Gasteiger partial charge in [-0.15, -0.1) is 11.3 Å². The van der Waals surface area contributed by atoms with Crippen molar-refractivity contribution in [3.63, 3.8) is 0 Å². The van der Waals surface area contributed by atoms with E-state index in [0.717, 1.165) is 10.6 Å². The SMILES string of the molecule is Cc1ccc(S(=O)(=O)Nc2c(C)n(C)n(-c3ccccc3)c2=O)cc1C(=O)OCc1csc(-c2ccccc2)n1. The van der Waals surface area contributed by atoms with E-state index in [1.54, 1.807) is 49.8 Å². The molecule has 5 aromatic rings. The number of anilines is 1. The molecule has 0 fully saturated rings. The maximum Gasteiger partial charge on any atom is 0.338 e. The van der Waals surface area contributed by atoms with Crippen molar-refractivity contribution in [2.24, 2.45) is 7.05 Å². The minimum absolute atomic E-state index is 0.0565. The number of carbonyl (C=O) groups excluding carboxylic acids is 1. The van der Waals surface area contributed by atoms with Crippen molar-refractivity contribution in [1.82, 2.24) is 14.3 Å². The van der Waals surface area contributed by atoms with Crippen LogP contribution in [0.5, 0.6) is 0 Å². The molecule has 0 aliphatic heterocycles. The predicted octanol–water partition coefficient (Wildman–Crippen LogP) is 5.07. The Balaban J connectivity index is 1.36. The average molecular weight is 575 g/mol. The average Bonchev–Trinajstić information content (AvgIpc) is 3.51. The summed E-state index contributed by atoms with van der Waals surface area (Å²) in [6.07, 6.45) is 0. The minimum atomic E-state index is -4.21. The zero-order chi connectivity index (χ0) is 28.4. The molecule has 204 valence electrons. The number of thiazole rings is 1. The molecule has 5 rings (SSSR count). The Labute approximate surface area is 235 Å². The molecule has 0 amide bonds. The first kappa shape index (κ1) is 27.1. The fourth-order valence-corrected chi connectivity index (χ4v) is 6.12. The van der Waals surface area contributed by atoms with Crippen LogP contribution >= 0.6 is 11.3 Å². The summed E-state index contributed by atoms with van der Waals surface area (Å²) >= 11 is 1.44. The van der Waals surface area contributed by atoms with Gasteiger partial charge in [-0.3, -0.25) is 14.2 Å². The minimum Gasteiger partial charge on any atom is -0.456 e. The Hall–Kier alpha value is -4.48. The number of ether oxygens (including phenoxy) is 1. The Morgan fingerprint density at radius 3 is 2.38 bits per heavy atom. The standard InChI is InChI=1S/C29H26N4O5S2/c1-19-14-15-24(16-25(19)29(35)38-17-22-18-39-27(30-22)21-10-6-4-7-11-21)40(36,37)31-26-20(2)32(3)33(28(26)34)23-12-8-5-9-13-23/h4-16,18,31H,17H2,1-3H3. The lowest BCUT2D eigenvalue weighted by molar-refractivity contribution is 0.0467. The summed E-state index contributed by atoms with van der Waals surface area (Å²) in [7, 11) is -2.53. The lowest BCUT2D eigenvalue weighted by Gasteiger charge is -2.11. The predicted molar refractivity (Wildman–Crippen MR) is 154 cm³/mol. The van der Waals surface area contributed by atoms with Crippen LogP contribution in [0.25, 0.3) is 16.3 Å². The maximum atomic E-state index is 13.3. The summed E-state index contributed by atoms with van der Waals surface area (Å²) in [6, 6.07) is 22.8. The highest BCUT2D eigenvalue weighted by Crippen LogP contribution is 2.25. The van der Waals surface area contributed by atoms with Gasteiger partial charge in [0.05, 0.1) is 27.5 Å². The van der Waals surface area contributed by atoms with E-state index in [-0.39, 0.29) is 22.8 Å². The number of hydrogen-bond donors (Lipinski definition) is 1. The summed E-state index contributed by atoms with van der Waals surface area (Å²) in [5, 5.41) is 2.63. The zero-order valence-corrected chi connectivity index (χ0v) is 23.6. The highest BCUT2D eigenvalue weighted by atomic mass is 32.2. The van der Waals surface area contributed by atoms with Crippen molar-refractivity contribution in [3.05, 3.63) is 117 Å². The van der Waals surface area contributed by atoms with Crippen LogP contribution in [0.4, 0.5) is 5.69 Å². The van der Waals surface area contributed by atoms with Crippen molar-refractivity contribution in [1.29, 1.82) is 0 Å². The topological polar surface area (TPSA) is 112 Å². The molecule has 11 heteroatoms. The number of carbonyl (C=O) groups is 1. The molecule has 0 saturated heterocycles. The van der Waals surface area contributed by atoms with Crippen LogP contribution in [0.2, 0.25) is 0 Å². The van der Waals surface area contributed by atoms with Crippen molar-refractivity contribution in [2.75, 3.05) is 4.72 Å². The molecule has 9 nitrogen and oxygen atoms in total. The van der Waals surface area contributed by atoms with Crippen LogP contribution in [0, 0.1) is 13.8 Å². The summed E-state index contributed by atoms with van der Waals surface area (Å²) < 4.78 is 37.5. The molecule has 0 radical (unpaired) electrons. The van der Waals surface area contributed by atoms with Crippen LogP contribution in [0.3, 0.4) is 0 Å². The Morgan fingerprint density at radius 2 is 1.68 bits per heavy atom. The molecule has 0 unspecified atom stereocenters. The van der Waals surface area contributed by atoms with Crippen LogP contribution < -0.4 is 10.3 Å². The van der Waals surface area contributed by atoms with E-state index in [1.807, 2.05) is 41.8 Å². The first-order valence-corrected chi connectivity index (χ1v) is 14.7. The van der Waals surface area contributed by atoms with Gasteiger partial charge in [0.2, 0.25) is 0 Å². The van der Waals surface area contributed by atoms with Gasteiger partial charge in [-0.2, -0.15) is 0 Å². The highest BCUT2D eigenvalue weighted by molar-refractivity contribution is 7.92. The molecular weight excluding hydrogens is 548 g/mol. The zero-order valence-electron chi connectivity index (χ0n) is 22.0. The third-order valence-corrected chi connectivity index (χ3v) is 8.74. The molecule has 0 saturated carbocycles. The van der Waals surface area contributed by atoms with Crippen molar-refractivity contribution >= 4 is 33.0 Å². The third-order valence-electron chi connectivity index (χ3n) is 6.45. The van der Waals surface area contributed by atoms with E-state index in [2.05, 4.69) is 9.71 Å². The summed E-state index contributed by atoms with van der Waals surface area (Å²) in [4.78, 5) is 30.5. The molecule has 0 bridgehead atoms. The number of sulfonamides is 1. The molecule has 1 N–H and O–H groups in total. The summed E-state index contributed by atoms with van der Waals surface area (Å²) in [6.45, 7) is 3.29. The third kappa shape index (κ3) is 5.33. The number of rotatable bonds is 8. The lowest BCUT2D eigenvalue weighted by atomic mass is 10.1. The van der Waals surface area contributed by atoms with Crippen molar-refractivity contribution < 1.29 is 17.9 Å². The largest absolute Gasteiger partial charge is 0.456 e. The number of hydrogen-bond acceptors (Lipinski definition) is 7. The maximum absolute atomic E-state index is 13.3. The molecule has 0 aliphatic carbocycles. The van der Waals surface area contributed by atoms with E-state index in [9.17, 15) is 18.0 Å². The van der Waals surface area contributed by atoms with Crippen LogP contribution in [0.1, 0.15) is 27.3 Å². The van der Waals surface area contributed by atoms with Crippen LogP contribution in [-0.4, -0.2) is 28.7 Å². The Morgan fingerprint density at radius 1 is 1.00 bits per heavy atom. The van der Waals surface area contributed by atoms with Gasteiger partial charge in [-0.05, 0) is 43.7 Å². The van der Waals surface area contributed by atoms with Gasteiger partial charge in [0.25, 0.3) is 15.6 Å². The number of aromatic nitrogens is 3. The normalized spacial score (nSPS) is 11.4.